The zero-order chi connectivity index (χ0) is 16.7. The molecule has 5 rings (SSSR count). The van der Waals surface area contributed by atoms with Gasteiger partial charge in [-0.2, -0.15) is 0 Å². The number of pyridine rings is 2. The molecule has 1 fully saturated rings. The second-order valence-corrected chi connectivity index (χ2v) is 6.27. The largest absolute Gasteiger partial charge is 0.366 e. The van der Waals surface area contributed by atoms with Gasteiger partial charge in [-0.15, -0.1) is 0 Å². The Morgan fingerprint density at radius 3 is 2.33 bits per heavy atom. The van der Waals surface area contributed by atoms with E-state index in [1.165, 1.54) is 21.9 Å². The van der Waals surface area contributed by atoms with Crippen LogP contribution in [0.15, 0.2) is 42.7 Å². The molecule has 2 bridgehead atoms. The maximum atomic E-state index is 6.02. The zero-order valence-electron chi connectivity index (χ0n) is 14.4. The first kappa shape index (κ1) is 15.3. The molecule has 2 aliphatic heterocycles. The summed E-state index contributed by atoms with van der Waals surface area (Å²) in [5.41, 5.74) is 5.89. The molecule has 3 heteroatoms. The summed E-state index contributed by atoms with van der Waals surface area (Å²) in [5, 5.41) is 2.44. The lowest BCUT2D eigenvalue weighted by molar-refractivity contribution is 0.0717. The molecule has 2 aromatic heterocycles. The molecule has 0 N–H and O–H groups in total. The SMILES string of the molecule is CC.Cc1cc(-c2cc3cc4c(cc3cn2)C2CCC4O2)ccn1. The first-order valence-electron chi connectivity index (χ1n) is 8.80. The number of rotatable bonds is 1. The van der Waals surface area contributed by atoms with E-state index in [0.29, 0.717) is 12.2 Å². The standard InChI is InChI=1S/C19H16N2O.C2H6/c1-11-6-12(4-5-20-11)17-9-13-7-15-16(8-14(13)10-21-17)19-3-2-18(15)22-19;1-2/h4-10,18-19H,2-3H2,1H3;1-2H3. The van der Waals surface area contributed by atoms with Crippen LogP contribution >= 0.6 is 0 Å². The third-order valence-corrected chi connectivity index (χ3v) is 4.83. The lowest BCUT2D eigenvalue weighted by Crippen LogP contribution is -1.98. The minimum absolute atomic E-state index is 0.309. The van der Waals surface area contributed by atoms with Crippen LogP contribution in [0.2, 0.25) is 0 Å². The maximum Gasteiger partial charge on any atom is 0.0838 e. The average molecular weight is 318 g/mol. The van der Waals surface area contributed by atoms with Crippen LogP contribution in [0.5, 0.6) is 0 Å². The van der Waals surface area contributed by atoms with Crippen molar-refractivity contribution in [2.45, 2.75) is 45.8 Å². The summed E-state index contributed by atoms with van der Waals surface area (Å²) in [6, 6.07) is 10.8. The summed E-state index contributed by atoms with van der Waals surface area (Å²) in [4.78, 5) is 8.89. The van der Waals surface area contributed by atoms with Gasteiger partial charge in [0.25, 0.3) is 0 Å². The van der Waals surface area contributed by atoms with Crippen molar-refractivity contribution < 1.29 is 4.74 Å². The summed E-state index contributed by atoms with van der Waals surface area (Å²) in [5.74, 6) is 0. The van der Waals surface area contributed by atoms with E-state index < -0.39 is 0 Å². The minimum Gasteiger partial charge on any atom is -0.366 e. The van der Waals surface area contributed by atoms with Gasteiger partial charge in [-0.05, 0) is 66.6 Å². The molecule has 122 valence electrons. The van der Waals surface area contributed by atoms with Crippen LogP contribution in [-0.2, 0) is 4.74 Å². The van der Waals surface area contributed by atoms with Crippen LogP contribution in [0.25, 0.3) is 22.0 Å². The molecule has 24 heavy (non-hydrogen) atoms. The molecule has 0 saturated carbocycles. The van der Waals surface area contributed by atoms with Crippen molar-refractivity contribution in [2.24, 2.45) is 0 Å². The van der Waals surface area contributed by atoms with Crippen molar-refractivity contribution in [2.75, 3.05) is 0 Å². The van der Waals surface area contributed by atoms with Gasteiger partial charge in [-0.1, -0.05) is 13.8 Å². The summed E-state index contributed by atoms with van der Waals surface area (Å²) in [7, 11) is 0. The van der Waals surface area contributed by atoms with Gasteiger partial charge in [0.15, 0.2) is 0 Å². The van der Waals surface area contributed by atoms with E-state index in [2.05, 4.69) is 34.2 Å². The van der Waals surface area contributed by atoms with Crippen molar-refractivity contribution in [1.82, 2.24) is 9.97 Å². The summed E-state index contributed by atoms with van der Waals surface area (Å²) in [6.45, 7) is 6.01. The smallest absolute Gasteiger partial charge is 0.0838 e. The molecule has 0 aliphatic carbocycles. The van der Waals surface area contributed by atoms with E-state index in [1.54, 1.807) is 0 Å². The molecular formula is C21H22N2O. The highest BCUT2D eigenvalue weighted by Gasteiger charge is 2.37. The van der Waals surface area contributed by atoms with Crippen LogP contribution in [0.1, 0.15) is 55.7 Å². The number of aromatic nitrogens is 2. The number of hydrogen-bond donors (Lipinski definition) is 0. The van der Waals surface area contributed by atoms with Crippen molar-refractivity contribution in [1.29, 1.82) is 0 Å². The van der Waals surface area contributed by atoms with E-state index in [1.807, 2.05) is 39.2 Å². The Morgan fingerprint density at radius 2 is 1.62 bits per heavy atom. The number of benzene rings is 1. The maximum absolute atomic E-state index is 6.02. The van der Waals surface area contributed by atoms with Gasteiger partial charge in [0.1, 0.15) is 0 Å². The third-order valence-electron chi connectivity index (χ3n) is 4.83. The van der Waals surface area contributed by atoms with E-state index in [-0.39, 0.29) is 0 Å². The highest BCUT2D eigenvalue weighted by Crippen LogP contribution is 2.51. The number of ether oxygens (including phenoxy) is 1. The van der Waals surface area contributed by atoms with E-state index >= 15 is 0 Å². The van der Waals surface area contributed by atoms with Gasteiger partial charge in [-0.25, -0.2) is 0 Å². The Labute approximate surface area is 142 Å². The molecule has 0 amide bonds. The fourth-order valence-corrected chi connectivity index (χ4v) is 3.74. The topological polar surface area (TPSA) is 35.0 Å². The first-order valence-corrected chi connectivity index (χ1v) is 8.80. The third kappa shape index (κ3) is 2.40. The number of fused-ring (bicyclic) bond motifs is 6. The van der Waals surface area contributed by atoms with Crippen molar-refractivity contribution in [3.05, 3.63) is 59.5 Å². The molecule has 2 aliphatic rings. The molecule has 2 atom stereocenters. The normalized spacial score (nSPS) is 20.6. The summed E-state index contributed by atoms with van der Waals surface area (Å²) < 4.78 is 6.02. The molecule has 3 aromatic rings. The molecule has 3 nitrogen and oxygen atoms in total. The summed E-state index contributed by atoms with van der Waals surface area (Å²) >= 11 is 0. The highest BCUT2D eigenvalue weighted by molar-refractivity contribution is 5.87. The van der Waals surface area contributed by atoms with Crippen LogP contribution in [-0.4, -0.2) is 9.97 Å². The number of nitrogens with zero attached hydrogens (tertiary/aromatic N) is 2. The Bertz CT molecular complexity index is 903. The zero-order valence-corrected chi connectivity index (χ0v) is 14.4. The predicted octanol–water partition coefficient (Wildman–Crippen LogP) is 5.54. The fourth-order valence-electron chi connectivity index (χ4n) is 3.74. The lowest BCUT2D eigenvalue weighted by Gasteiger charge is -2.13. The Kier molecular flexibility index (Phi) is 3.81. The highest BCUT2D eigenvalue weighted by atomic mass is 16.5. The van der Waals surface area contributed by atoms with Crippen molar-refractivity contribution in [3.63, 3.8) is 0 Å². The molecule has 4 heterocycles. The predicted molar refractivity (Wildman–Crippen MR) is 96.9 cm³/mol. The van der Waals surface area contributed by atoms with Gasteiger partial charge in [0.05, 0.1) is 17.9 Å². The average Bonchev–Trinajstić information content (AvgIpc) is 3.23. The van der Waals surface area contributed by atoms with Gasteiger partial charge in [0, 0.05) is 29.0 Å². The number of aryl methyl sites for hydroxylation is 1. The quantitative estimate of drug-likeness (QED) is 0.591. The van der Waals surface area contributed by atoms with Crippen LogP contribution < -0.4 is 0 Å². The summed E-state index contributed by atoms with van der Waals surface area (Å²) in [6.07, 6.45) is 6.75. The number of hydrogen-bond acceptors (Lipinski definition) is 3. The molecule has 0 radical (unpaired) electrons. The minimum atomic E-state index is 0.309. The van der Waals surface area contributed by atoms with Crippen LogP contribution in [0.3, 0.4) is 0 Å². The van der Waals surface area contributed by atoms with Gasteiger partial charge >= 0.3 is 0 Å². The fraction of sp³-hybridized carbons (Fsp3) is 0.333. The molecular weight excluding hydrogens is 296 g/mol. The Hall–Kier alpha value is -2.26. The molecule has 2 unspecified atom stereocenters. The monoisotopic (exact) mass is 318 g/mol. The van der Waals surface area contributed by atoms with Crippen LogP contribution in [0, 0.1) is 6.92 Å². The van der Waals surface area contributed by atoms with Gasteiger partial charge < -0.3 is 4.74 Å². The van der Waals surface area contributed by atoms with E-state index in [0.717, 1.165) is 29.8 Å². The van der Waals surface area contributed by atoms with Crippen molar-refractivity contribution >= 4 is 10.8 Å². The van der Waals surface area contributed by atoms with Crippen molar-refractivity contribution in [3.8, 4) is 11.3 Å². The van der Waals surface area contributed by atoms with Crippen LogP contribution in [0.4, 0.5) is 0 Å². The molecule has 1 saturated heterocycles. The van der Waals surface area contributed by atoms with E-state index in [9.17, 15) is 0 Å². The van der Waals surface area contributed by atoms with E-state index in [4.69, 9.17) is 4.74 Å². The first-order chi connectivity index (χ1) is 11.8. The Balaban J connectivity index is 0.000000704. The second kappa shape index (κ2) is 5.99. The lowest BCUT2D eigenvalue weighted by atomic mass is 9.89. The van der Waals surface area contributed by atoms with Gasteiger partial charge in [-0.3, -0.25) is 9.97 Å². The molecule has 0 spiro atoms. The van der Waals surface area contributed by atoms with Gasteiger partial charge in [0.2, 0.25) is 0 Å². The second-order valence-electron chi connectivity index (χ2n) is 6.27. The molecule has 1 aromatic carbocycles. The Morgan fingerprint density at radius 1 is 0.917 bits per heavy atom.